The second-order valence-electron chi connectivity index (χ2n) is 9.86. The van der Waals surface area contributed by atoms with Crippen LogP contribution in [0.5, 0.6) is 5.75 Å². The summed E-state index contributed by atoms with van der Waals surface area (Å²) >= 11 is 1.25. The molecule has 0 aliphatic carbocycles. The highest BCUT2D eigenvalue weighted by Crippen LogP contribution is 2.28. The van der Waals surface area contributed by atoms with Crippen molar-refractivity contribution >= 4 is 43.5 Å². The fourth-order valence-electron chi connectivity index (χ4n) is 4.09. The van der Waals surface area contributed by atoms with Crippen LogP contribution in [0.2, 0.25) is 0 Å². The van der Waals surface area contributed by atoms with Crippen molar-refractivity contribution in [2.24, 2.45) is 16.8 Å². The van der Waals surface area contributed by atoms with Crippen molar-refractivity contribution in [2.75, 3.05) is 26.3 Å². The van der Waals surface area contributed by atoms with Crippen molar-refractivity contribution in [2.45, 2.75) is 53.0 Å². The molecule has 0 aliphatic rings. The number of ether oxygens (including phenoxy) is 2. The number of hydrogen-bond acceptors (Lipinski definition) is 7. The van der Waals surface area contributed by atoms with E-state index in [9.17, 15) is 18.0 Å². The topological polar surface area (TPSA) is 107 Å². The predicted octanol–water partition coefficient (Wildman–Crippen LogP) is 4.71. The monoisotopic (exact) mass is 575 g/mol. The van der Waals surface area contributed by atoms with Crippen LogP contribution >= 0.6 is 11.3 Å². The van der Waals surface area contributed by atoms with E-state index >= 15 is 0 Å². The van der Waals surface area contributed by atoms with Gasteiger partial charge in [0.1, 0.15) is 17.8 Å². The zero-order valence-electron chi connectivity index (χ0n) is 23.3. The Balaban J connectivity index is 2.01. The number of thiazole rings is 1. The van der Waals surface area contributed by atoms with E-state index in [0.29, 0.717) is 35.8 Å². The van der Waals surface area contributed by atoms with Crippen molar-refractivity contribution in [1.29, 1.82) is 0 Å². The normalized spacial score (nSPS) is 12.6. The first kappa shape index (κ1) is 30.5. The largest absolute Gasteiger partial charge is 0.492 e. The van der Waals surface area contributed by atoms with E-state index in [1.165, 1.54) is 39.9 Å². The van der Waals surface area contributed by atoms with Gasteiger partial charge >= 0.3 is 5.97 Å². The minimum Gasteiger partial charge on any atom is -0.492 e. The maximum Gasteiger partial charge on any atom is 0.326 e. The maximum absolute atomic E-state index is 13.3. The van der Waals surface area contributed by atoms with E-state index in [4.69, 9.17) is 9.47 Å². The van der Waals surface area contributed by atoms with E-state index in [1.54, 1.807) is 17.6 Å². The van der Waals surface area contributed by atoms with Crippen LogP contribution in [0.25, 0.3) is 10.2 Å². The number of nitrogens with zero attached hydrogens (tertiary/aromatic N) is 3. The average Bonchev–Trinajstić information content (AvgIpc) is 3.21. The third kappa shape index (κ3) is 7.55. The van der Waals surface area contributed by atoms with Gasteiger partial charge < -0.3 is 14.0 Å². The molecule has 0 aliphatic heterocycles. The number of esters is 1. The van der Waals surface area contributed by atoms with E-state index < -0.39 is 21.9 Å². The number of aromatic nitrogens is 1. The third-order valence-electron chi connectivity index (χ3n) is 5.63. The zero-order valence-corrected chi connectivity index (χ0v) is 25.0. The van der Waals surface area contributed by atoms with Crippen LogP contribution in [0.3, 0.4) is 0 Å². The van der Waals surface area contributed by atoms with Crippen LogP contribution in [0.1, 0.15) is 51.9 Å². The minimum absolute atomic E-state index is 0.126. The van der Waals surface area contributed by atoms with Crippen LogP contribution in [0.4, 0.5) is 0 Å². The molecule has 3 aromatic rings. The van der Waals surface area contributed by atoms with Crippen LogP contribution in [-0.4, -0.2) is 55.5 Å². The molecule has 0 bridgehead atoms. The number of rotatable bonds is 12. The quantitative estimate of drug-likeness (QED) is 0.290. The Morgan fingerprint density at radius 2 is 1.62 bits per heavy atom. The molecule has 0 atom stereocenters. The summed E-state index contributed by atoms with van der Waals surface area (Å²) in [5.41, 5.74) is 0.888. The Hall–Kier alpha value is -3.02. The van der Waals surface area contributed by atoms with Crippen LogP contribution < -0.4 is 9.54 Å². The van der Waals surface area contributed by atoms with Gasteiger partial charge in [0.05, 0.1) is 22.8 Å². The summed E-state index contributed by atoms with van der Waals surface area (Å²) in [7, 11) is -3.72. The van der Waals surface area contributed by atoms with Gasteiger partial charge in [0.15, 0.2) is 4.80 Å². The second kappa shape index (κ2) is 13.4. The summed E-state index contributed by atoms with van der Waals surface area (Å²) in [6.45, 7) is 12.8. The minimum atomic E-state index is -3.72. The summed E-state index contributed by atoms with van der Waals surface area (Å²) in [5.74, 6) is -0.0963. The van der Waals surface area contributed by atoms with Gasteiger partial charge in [-0.25, -0.2) is 8.42 Å². The van der Waals surface area contributed by atoms with Crippen molar-refractivity contribution in [3.8, 4) is 5.75 Å². The first-order valence-electron chi connectivity index (χ1n) is 13.1. The molecule has 0 saturated carbocycles. The summed E-state index contributed by atoms with van der Waals surface area (Å²) < 4.78 is 41.5. The lowest BCUT2D eigenvalue weighted by atomic mass is 10.2. The predicted molar refractivity (Wildman–Crippen MR) is 152 cm³/mol. The molecule has 212 valence electrons. The number of sulfonamides is 1. The molecule has 0 N–H and O–H groups in total. The summed E-state index contributed by atoms with van der Waals surface area (Å²) in [5, 5.41) is 0. The number of hydrogen-bond donors (Lipinski definition) is 0. The summed E-state index contributed by atoms with van der Waals surface area (Å²) in [4.78, 5) is 30.3. The van der Waals surface area contributed by atoms with Crippen molar-refractivity contribution in [3.05, 3.63) is 52.8 Å². The molecular formula is C28H37N3O6S2. The smallest absolute Gasteiger partial charge is 0.326 e. The fraction of sp³-hybridized carbons (Fsp3) is 0.464. The Morgan fingerprint density at radius 1 is 0.974 bits per heavy atom. The first-order valence-corrected chi connectivity index (χ1v) is 15.3. The molecule has 9 nitrogen and oxygen atoms in total. The lowest BCUT2D eigenvalue weighted by Crippen LogP contribution is -2.37. The van der Waals surface area contributed by atoms with Crippen LogP contribution in [0.15, 0.2) is 52.4 Å². The van der Waals surface area contributed by atoms with Gasteiger partial charge in [0.25, 0.3) is 5.91 Å². The van der Waals surface area contributed by atoms with Gasteiger partial charge in [-0.2, -0.15) is 9.30 Å². The molecule has 1 aromatic heterocycles. The van der Waals surface area contributed by atoms with Gasteiger partial charge in [-0.3, -0.25) is 9.59 Å². The highest BCUT2D eigenvalue weighted by atomic mass is 32.2. The molecule has 0 saturated heterocycles. The number of carbonyl (C=O) groups excluding carboxylic acids is 2. The Kier molecular flexibility index (Phi) is 10.5. The Bertz CT molecular complexity index is 1460. The molecule has 11 heteroatoms. The average molecular weight is 576 g/mol. The standard InChI is InChI=1S/C28H37N3O6S2/c1-7-36-23-10-9-11-24-26(23)31(18-25(32)37-8-2)28(38-24)29-27(33)21-12-14-22(15-13-21)39(34,35)30(16-19(3)4)17-20(5)6/h9-15,19-20H,7-8,16-18H2,1-6H3. The zero-order chi connectivity index (χ0) is 28.7. The third-order valence-corrected chi connectivity index (χ3v) is 8.52. The number of carbonyl (C=O) groups is 2. The molecule has 2 aromatic carbocycles. The van der Waals surface area contributed by atoms with Crippen LogP contribution in [-0.2, 0) is 26.1 Å². The van der Waals surface area contributed by atoms with Crippen molar-refractivity contribution in [1.82, 2.24) is 8.87 Å². The van der Waals surface area contributed by atoms with E-state index in [1.807, 2.05) is 46.8 Å². The van der Waals surface area contributed by atoms with E-state index in [2.05, 4.69) is 4.99 Å². The van der Waals surface area contributed by atoms with Gasteiger partial charge in [-0.1, -0.05) is 45.1 Å². The SMILES string of the molecule is CCOC(=O)Cn1c(=NC(=O)c2ccc(S(=O)(=O)N(CC(C)C)CC(C)C)cc2)sc2cccc(OCC)c21. The molecule has 0 radical (unpaired) electrons. The highest BCUT2D eigenvalue weighted by molar-refractivity contribution is 7.89. The molecule has 0 fully saturated rings. The van der Waals surface area contributed by atoms with Crippen LogP contribution in [0, 0.1) is 11.8 Å². The molecule has 0 unspecified atom stereocenters. The first-order chi connectivity index (χ1) is 18.5. The maximum atomic E-state index is 13.3. The van der Waals surface area contributed by atoms with E-state index in [-0.39, 0.29) is 35.4 Å². The van der Waals surface area contributed by atoms with Gasteiger partial charge in [0, 0.05) is 18.7 Å². The number of para-hydroxylation sites is 1. The Labute approximate surface area is 234 Å². The highest BCUT2D eigenvalue weighted by Gasteiger charge is 2.26. The van der Waals surface area contributed by atoms with Crippen molar-refractivity contribution in [3.63, 3.8) is 0 Å². The Morgan fingerprint density at radius 3 is 2.18 bits per heavy atom. The van der Waals surface area contributed by atoms with E-state index in [0.717, 1.165) is 4.70 Å². The fourth-order valence-corrected chi connectivity index (χ4v) is 6.90. The molecule has 39 heavy (non-hydrogen) atoms. The lowest BCUT2D eigenvalue weighted by molar-refractivity contribution is -0.143. The van der Waals surface area contributed by atoms with Gasteiger partial charge in [0.2, 0.25) is 10.0 Å². The molecule has 0 spiro atoms. The molecular weight excluding hydrogens is 538 g/mol. The number of benzene rings is 2. The number of fused-ring (bicyclic) bond motifs is 1. The molecule has 3 rings (SSSR count). The van der Waals surface area contributed by atoms with Crippen molar-refractivity contribution < 1.29 is 27.5 Å². The number of amides is 1. The lowest BCUT2D eigenvalue weighted by Gasteiger charge is -2.25. The molecule has 1 heterocycles. The summed E-state index contributed by atoms with van der Waals surface area (Å²) in [6, 6.07) is 11.3. The summed E-state index contributed by atoms with van der Waals surface area (Å²) in [6.07, 6.45) is 0. The van der Waals surface area contributed by atoms with Gasteiger partial charge in [-0.05, 0) is 62.1 Å². The second-order valence-corrected chi connectivity index (χ2v) is 12.8. The molecule has 1 amide bonds. The van der Waals surface area contributed by atoms with Gasteiger partial charge in [-0.15, -0.1) is 0 Å².